The van der Waals surface area contributed by atoms with Crippen LogP contribution in [0, 0.1) is 11.6 Å². The zero-order valence-electron chi connectivity index (χ0n) is 11.7. The lowest BCUT2D eigenvalue weighted by Gasteiger charge is -2.09. The van der Waals surface area contributed by atoms with E-state index in [0.717, 1.165) is 18.4 Å². The third-order valence-electron chi connectivity index (χ3n) is 2.70. The average molecular weight is 361 g/mol. The van der Waals surface area contributed by atoms with E-state index >= 15 is 0 Å². The zero-order chi connectivity index (χ0) is 17.2. The predicted octanol–water partition coefficient (Wildman–Crippen LogP) is 3.24. The van der Waals surface area contributed by atoms with Crippen molar-refractivity contribution in [1.29, 1.82) is 0 Å². The van der Waals surface area contributed by atoms with E-state index in [-0.39, 0.29) is 22.0 Å². The minimum atomic E-state index is -3.50. The van der Waals surface area contributed by atoms with Gasteiger partial charge in [-0.3, -0.25) is 9.52 Å². The van der Waals surface area contributed by atoms with Crippen LogP contribution in [0.3, 0.4) is 0 Å². The van der Waals surface area contributed by atoms with E-state index in [1.54, 1.807) is 0 Å². The molecule has 0 saturated heterocycles. The maximum absolute atomic E-state index is 13.1. The second-order valence-corrected chi connectivity index (χ2v) is 6.81. The second kappa shape index (κ2) is 6.51. The lowest BCUT2D eigenvalue weighted by molar-refractivity contribution is 0.102. The quantitative estimate of drug-likeness (QED) is 0.878. The van der Waals surface area contributed by atoms with Crippen molar-refractivity contribution in [3.05, 3.63) is 58.6 Å². The van der Waals surface area contributed by atoms with Gasteiger partial charge in [-0.05, 0) is 30.3 Å². The Balaban J connectivity index is 2.19. The van der Waals surface area contributed by atoms with Crippen molar-refractivity contribution in [3.8, 4) is 0 Å². The van der Waals surface area contributed by atoms with Gasteiger partial charge < -0.3 is 5.32 Å². The number of hydrogen-bond donors (Lipinski definition) is 2. The summed E-state index contributed by atoms with van der Waals surface area (Å²) < 4.78 is 50.4. The number of anilines is 2. The molecule has 0 radical (unpaired) electrons. The molecule has 0 unspecified atom stereocenters. The van der Waals surface area contributed by atoms with E-state index in [2.05, 4.69) is 10.0 Å². The fourth-order valence-corrected chi connectivity index (χ4v) is 2.58. The molecule has 0 heterocycles. The molecule has 1 amide bonds. The predicted molar refractivity (Wildman–Crippen MR) is 84.2 cm³/mol. The molecule has 0 saturated carbocycles. The largest absolute Gasteiger partial charge is 0.322 e. The zero-order valence-corrected chi connectivity index (χ0v) is 13.3. The molecule has 23 heavy (non-hydrogen) atoms. The van der Waals surface area contributed by atoms with Gasteiger partial charge in [-0.25, -0.2) is 17.2 Å². The molecule has 0 aliphatic carbocycles. The van der Waals surface area contributed by atoms with Gasteiger partial charge in [-0.2, -0.15) is 0 Å². The number of rotatable bonds is 4. The van der Waals surface area contributed by atoms with E-state index in [1.807, 2.05) is 0 Å². The Labute approximate surface area is 136 Å². The molecule has 0 aliphatic rings. The van der Waals surface area contributed by atoms with E-state index in [1.165, 1.54) is 24.3 Å². The summed E-state index contributed by atoms with van der Waals surface area (Å²) in [6, 6.07) is 6.85. The van der Waals surface area contributed by atoms with Crippen molar-refractivity contribution < 1.29 is 22.0 Å². The SMILES string of the molecule is CS(=O)(=O)Nc1ccc(C(=O)Nc2ccc(F)c(F)c2)cc1Cl. The van der Waals surface area contributed by atoms with E-state index in [4.69, 9.17) is 11.6 Å². The summed E-state index contributed by atoms with van der Waals surface area (Å²) >= 11 is 5.91. The molecule has 2 N–H and O–H groups in total. The summed E-state index contributed by atoms with van der Waals surface area (Å²) in [6.07, 6.45) is 0.965. The number of amides is 1. The lowest BCUT2D eigenvalue weighted by atomic mass is 10.2. The third-order valence-corrected chi connectivity index (χ3v) is 3.61. The number of carbonyl (C=O) groups excluding carboxylic acids is 1. The average Bonchev–Trinajstić information content (AvgIpc) is 2.43. The van der Waals surface area contributed by atoms with Crippen LogP contribution in [0.25, 0.3) is 0 Å². The van der Waals surface area contributed by atoms with Crippen molar-refractivity contribution in [2.45, 2.75) is 0 Å². The topological polar surface area (TPSA) is 75.3 Å². The van der Waals surface area contributed by atoms with Gasteiger partial charge in [0.05, 0.1) is 17.0 Å². The van der Waals surface area contributed by atoms with Crippen LogP contribution >= 0.6 is 11.6 Å². The van der Waals surface area contributed by atoms with Crippen LogP contribution in [0.15, 0.2) is 36.4 Å². The first-order chi connectivity index (χ1) is 10.7. The summed E-state index contributed by atoms with van der Waals surface area (Å²) in [6.45, 7) is 0. The number of halogens is 3. The normalized spacial score (nSPS) is 11.1. The number of sulfonamides is 1. The highest BCUT2D eigenvalue weighted by molar-refractivity contribution is 7.92. The Kier molecular flexibility index (Phi) is 4.86. The van der Waals surface area contributed by atoms with Gasteiger partial charge >= 0.3 is 0 Å². The maximum Gasteiger partial charge on any atom is 0.255 e. The highest BCUT2D eigenvalue weighted by Gasteiger charge is 2.12. The van der Waals surface area contributed by atoms with Crippen molar-refractivity contribution >= 4 is 38.9 Å². The minimum Gasteiger partial charge on any atom is -0.322 e. The fraction of sp³-hybridized carbons (Fsp3) is 0.0714. The van der Waals surface area contributed by atoms with Crippen molar-refractivity contribution in [2.75, 3.05) is 16.3 Å². The van der Waals surface area contributed by atoms with Gasteiger partial charge in [0.15, 0.2) is 11.6 Å². The molecule has 5 nitrogen and oxygen atoms in total. The van der Waals surface area contributed by atoms with Crippen LogP contribution < -0.4 is 10.0 Å². The first kappa shape index (κ1) is 17.2. The molecule has 0 bridgehead atoms. The molecule has 0 fully saturated rings. The monoisotopic (exact) mass is 360 g/mol. The van der Waals surface area contributed by atoms with Crippen molar-refractivity contribution in [1.82, 2.24) is 0 Å². The Hall–Kier alpha value is -2.19. The van der Waals surface area contributed by atoms with Crippen LogP contribution in [0.2, 0.25) is 5.02 Å². The Morgan fingerprint density at radius 1 is 1.09 bits per heavy atom. The summed E-state index contributed by atoms with van der Waals surface area (Å²) in [5, 5.41) is 2.40. The van der Waals surface area contributed by atoms with Gasteiger partial charge in [0.25, 0.3) is 5.91 Å². The second-order valence-electron chi connectivity index (χ2n) is 4.65. The van der Waals surface area contributed by atoms with Crippen LogP contribution in [-0.4, -0.2) is 20.6 Å². The van der Waals surface area contributed by atoms with Gasteiger partial charge in [0.1, 0.15) is 0 Å². The molecule has 0 spiro atoms. The standard InChI is InChI=1S/C14H11ClF2N2O3S/c1-23(21,22)19-13-5-2-8(6-10(13)15)14(20)18-9-3-4-11(16)12(17)7-9/h2-7,19H,1H3,(H,18,20). The van der Waals surface area contributed by atoms with Crippen LogP contribution in [-0.2, 0) is 10.0 Å². The van der Waals surface area contributed by atoms with Crippen molar-refractivity contribution in [2.24, 2.45) is 0 Å². The van der Waals surface area contributed by atoms with Gasteiger partial charge in [-0.15, -0.1) is 0 Å². The summed E-state index contributed by atoms with van der Waals surface area (Å²) in [5.74, 6) is -2.72. The smallest absolute Gasteiger partial charge is 0.255 e. The fourth-order valence-electron chi connectivity index (χ4n) is 1.72. The highest BCUT2D eigenvalue weighted by atomic mass is 35.5. The Morgan fingerprint density at radius 2 is 1.78 bits per heavy atom. The van der Waals surface area contributed by atoms with E-state index < -0.39 is 27.6 Å². The van der Waals surface area contributed by atoms with E-state index in [0.29, 0.717) is 0 Å². The van der Waals surface area contributed by atoms with Crippen LogP contribution in [0.5, 0.6) is 0 Å². The first-order valence-corrected chi connectivity index (χ1v) is 8.46. The summed E-state index contributed by atoms with van der Waals surface area (Å²) in [5.41, 5.74) is 0.320. The molecule has 2 aromatic carbocycles. The maximum atomic E-state index is 13.1. The highest BCUT2D eigenvalue weighted by Crippen LogP contribution is 2.24. The van der Waals surface area contributed by atoms with Gasteiger partial charge in [0.2, 0.25) is 10.0 Å². The molecule has 0 aliphatic heterocycles. The molecule has 0 aromatic heterocycles. The molecule has 2 aromatic rings. The molecular weight excluding hydrogens is 350 g/mol. The van der Waals surface area contributed by atoms with Gasteiger partial charge in [0, 0.05) is 17.3 Å². The molecule has 0 atom stereocenters. The van der Waals surface area contributed by atoms with Gasteiger partial charge in [-0.1, -0.05) is 11.6 Å². The third kappa shape index (κ3) is 4.64. The molecule has 2 rings (SSSR count). The molecule has 122 valence electrons. The van der Waals surface area contributed by atoms with E-state index in [9.17, 15) is 22.0 Å². The lowest BCUT2D eigenvalue weighted by Crippen LogP contribution is -2.13. The number of hydrogen-bond acceptors (Lipinski definition) is 3. The molecular formula is C14H11ClF2N2O3S. The van der Waals surface area contributed by atoms with Crippen molar-refractivity contribution in [3.63, 3.8) is 0 Å². The number of nitrogens with one attached hydrogen (secondary N) is 2. The Bertz CT molecular complexity index is 872. The van der Waals surface area contributed by atoms with Crippen LogP contribution in [0.1, 0.15) is 10.4 Å². The minimum absolute atomic E-state index is 0.0216. The first-order valence-electron chi connectivity index (χ1n) is 6.19. The summed E-state index contributed by atoms with van der Waals surface area (Å²) in [4.78, 5) is 12.0. The summed E-state index contributed by atoms with van der Waals surface area (Å²) in [7, 11) is -3.50. The Morgan fingerprint density at radius 3 is 2.35 bits per heavy atom. The number of benzene rings is 2. The molecule has 9 heteroatoms. The number of carbonyl (C=O) groups is 1. The van der Waals surface area contributed by atoms with Crippen LogP contribution in [0.4, 0.5) is 20.2 Å².